The lowest BCUT2D eigenvalue weighted by Gasteiger charge is -2.25. The number of rotatable bonds is 10. The van der Waals surface area contributed by atoms with Crippen LogP contribution in [0.2, 0.25) is 0 Å². The lowest BCUT2D eigenvalue weighted by atomic mass is 9.93. The molecule has 0 aliphatic carbocycles. The average molecular weight is 326 g/mol. The van der Waals surface area contributed by atoms with Gasteiger partial charge in [0.1, 0.15) is 26.2 Å². The fourth-order valence-electron chi connectivity index (χ4n) is 1.82. The summed E-state index contributed by atoms with van der Waals surface area (Å²) in [5.74, 6) is 0. The van der Waals surface area contributed by atoms with Gasteiger partial charge in [-0.3, -0.25) is 9.05 Å². The van der Waals surface area contributed by atoms with Crippen molar-refractivity contribution >= 4 is 15.7 Å². The van der Waals surface area contributed by atoms with Crippen LogP contribution in [0.4, 0.5) is 0 Å². The van der Waals surface area contributed by atoms with Gasteiger partial charge in [-0.25, -0.2) is 9.45 Å². The Kier molecular flexibility index (Phi) is 8.32. The Bertz CT molecular complexity index is 344. The van der Waals surface area contributed by atoms with Gasteiger partial charge in [0.25, 0.3) is 0 Å². The summed E-state index contributed by atoms with van der Waals surface area (Å²) >= 11 is 0. The number of phosphoric acid groups is 1. The molecule has 21 heavy (non-hydrogen) atoms. The Balaban J connectivity index is 2.77. The number of phosphoric ester groups is 1. The zero-order chi connectivity index (χ0) is 15.9. The van der Waals surface area contributed by atoms with Crippen molar-refractivity contribution < 1.29 is 42.5 Å². The Morgan fingerprint density at radius 1 is 1.24 bits per heavy atom. The van der Waals surface area contributed by atoms with E-state index in [-0.39, 0.29) is 6.61 Å². The highest BCUT2D eigenvalue weighted by Gasteiger charge is 2.48. The third kappa shape index (κ3) is 5.28. The second-order valence-corrected chi connectivity index (χ2v) is 5.71. The van der Waals surface area contributed by atoms with Crippen LogP contribution in [0.15, 0.2) is 0 Å². The Morgan fingerprint density at radius 2 is 1.95 bits per heavy atom. The first-order valence-electron chi connectivity index (χ1n) is 6.20. The van der Waals surface area contributed by atoms with E-state index in [1.807, 2.05) is 0 Å². The van der Waals surface area contributed by atoms with Crippen LogP contribution in [0.3, 0.4) is 0 Å². The van der Waals surface area contributed by atoms with E-state index in [1.54, 1.807) is 0 Å². The molecule has 0 bridgehead atoms. The molecule has 0 saturated carbocycles. The second-order valence-electron chi connectivity index (χ2n) is 4.09. The summed E-state index contributed by atoms with van der Waals surface area (Å²) in [6.07, 6.45) is -2.57. The zero-order valence-electron chi connectivity index (χ0n) is 12.2. The SMILES string of the molecule is [B][C@@H]1OC(CO)[C@H](OP(=O)(OC)OOC)C1OCCOC. The van der Waals surface area contributed by atoms with Crippen LogP contribution in [0, 0.1) is 0 Å². The van der Waals surface area contributed by atoms with Crippen LogP contribution in [0.5, 0.6) is 0 Å². The first-order chi connectivity index (χ1) is 10.0. The monoisotopic (exact) mass is 326 g/mol. The largest absolute Gasteiger partial charge is 0.502 e. The quantitative estimate of drug-likeness (QED) is 0.189. The van der Waals surface area contributed by atoms with Gasteiger partial charge in [-0.15, -0.1) is 4.67 Å². The van der Waals surface area contributed by atoms with E-state index in [2.05, 4.69) is 14.1 Å². The first-order valence-corrected chi connectivity index (χ1v) is 7.66. The number of hydrogen-bond donors (Lipinski definition) is 1. The molecule has 1 rings (SSSR count). The maximum atomic E-state index is 12.1. The normalized spacial score (nSPS) is 32.2. The third-order valence-corrected chi connectivity index (χ3v) is 4.04. The maximum Gasteiger partial charge on any atom is 0.502 e. The fourth-order valence-corrected chi connectivity index (χ4v) is 2.74. The number of hydrogen-bond acceptors (Lipinski definition) is 9. The minimum absolute atomic E-state index is 0.221. The molecule has 1 aliphatic heterocycles. The molecule has 0 aromatic heterocycles. The molecule has 0 amide bonds. The van der Waals surface area contributed by atoms with Gasteiger partial charge < -0.3 is 19.3 Å². The van der Waals surface area contributed by atoms with Crippen molar-refractivity contribution in [3.05, 3.63) is 0 Å². The molecule has 11 heteroatoms. The average Bonchev–Trinajstić information content (AvgIpc) is 2.76. The van der Waals surface area contributed by atoms with Crippen LogP contribution < -0.4 is 0 Å². The molecule has 1 fully saturated rings. The minimum atomic E-state index is -3.98. The lowest BCUT2D eigenvalue weighted by molar-refractivity contribution is -0.205. The standard InChI is InChI=1S/C10H20BO9P/c1-14-4-5-17-9-8(7(6-12)18-10(9)11)19-21(13,16-3)20-15-2/h7-10,12H,4-6H2,1-3H3/t7?,8-,9?,10+,21?/m0/s1. The molecule has 122 valence electrons. The van der Waals surface area contributed by atoms with Gasteiger partial charge in [-0.1, -0.05) is 0 Å². The number of methoxy groups -OCH3 is 1. The molecule has 0 aromatic carbocycles. The highest BCUT2D eigenvalue weighted by Crippen LogP contribution is 2.51. The fraction of sp³-hybridized carbons (Fsp3) is 1.00. The number of aliphatic hydroxyl groups excluding tert-OH is 1. The van der Waals surface area contributed by atoms with Crippen molar-refractivity contribution in [3.63, 3.8) is 0 Å². The van der Waals surface area contributed by atoms with Gasteiger partial charge in [0.05, 0.1) is 26.9 Å². The summed E-state index contributed by atoms with van der Waals surface area (Å²) in [7, 11) is 5.59. The van der Waals surface area contributed by atoms with Gasteiger partial charge in [0, 0.05) is 20.2 Å². The molecule has 3 unspecified atom stereocenters. The summed E-state index contributed by atoms with van der Waals surface area (Å²) in [4.78, 5) is 4.33. The predicted molar refractivity (Wildman–Crippen MR) is 70.7 cm³/mol. The Hall–Kier alpha value is -0.0251. The van der Waals surface area contributed by atoms with E-state index in [0.29, 0.717) is 6.61 Å². The molecule has 1 saturated heterocycles. The smallest absolute Gasteiger partial charge is 0.394 e. The van der Waals surface area contributed by atoms with Crippen LogP contribution in [0.1, 0.15) is 0 Å². The maximum absolute atomic E-state index is 12.1. The van der Waals surface area contributed by atoms with Crippen molar-refractivity contribution in [3.8, 4) is 0 Å². The minimum Gasteiger partial charge on any atom is -0.394 e. The highest BCUT2D eigenvalue weighted by molar-refractivity contribution is 7.48. The predicted octanol–water partition coefficient (Wildman–Crippen LogP) is -0.379. The van der Waals surface area contributed by atoms with Gasteiger partial charge in [0.15, 0.2) is 0 Å². The van der Waals surface area contributed by atoms with Crippen molar-refractivity contribution in [2.75, 3.05) is 41.2 Å². The van der Waals surface area contributed by atoms with E-state index >= 15 is 0 Å². The molecule has 0 spiro atoms. The van der Waals surface area contributed by atoms with Crippen molar-refractivity contribution in [2.24, 2.45) is 0 Å². The van der Waals surface area contributed by atoms with E-state index in [0.717, 1.165) is 14.2 Å². The highest BCUT2D eigenvalue weighted by atomic mass is 31.2. The Morgan fingerprint density at radius 3 is 2.48 bits per heavy atom. The second kappa shape index (κ2) is 9.19. The van der Waals surface area contributed by atoms with Gasteiger partial charge >= 0.3 is 7.82 Å². The van der Waals surface area contributed by atoms with Crippen LogP contribution in [0.25, 0.3) is 0 Å². The number of ether oxygens (including phenoxy) is 3. The van der Waals surface area contributed by atoms with E-state index in [1.165, 1.54) is 7.11 Å². The molecule has 1 heterocycles. The van der Waals surface area contributed by atoms with E-state index < -0.39 is 38.7 Å². The van der Waals surface area contributed by atoms with Gasteiger partial charge in [-0.2, -0.15) is 0 Å². The molecule has 5 atom stereocenters. The molecule has 0 aromatic rings. The summed E-state index contributed by atoms with van der Waals surface area (Å²) in [5, 5.41) is 9.30. The Labute approximate surface area is 124 Å². The molecule has 1 N–H and O–H groups in total. The van der Waals surface area contributed by atoms with Gasteiger partial charge in [-0.05, 0) is 0 Å². The van der Waals surface area contributed by atoms with E-state index in [9.17, 15) is 9.67 Å². The third-order valence-electron chi connectivity index (χ3n) is 2.76. The van der Waals surface area contributed by atoms with Crippen molar-refractivity contribution in [1.29, 1.82) is 0 Å². The van der Waals surface area contributed by atoms with Gasteiger partial charge in [0.2, 0.25) is 0 Å². The van der Waals surface area contributed by atoms with Crippen LogP contribution >= 0.6 is 7.82 Å². The summed E-state index contributed by atoms with van der Waals surface area (Å²) < 4.78 is 42.2. The van der Waals surface area contributed by atoms with Crippen LogP contribution in [-0.4, -0.2) is 78.4 Å². The first kappa shape index (κ1) is 19.0. The van der Waals surface area contributed by atoms with Crippen molar-refractivity contribution in [1.82, 2.24) is 0 Å². The summed E-state index contributed by atoms with van der Waals surface area (Å²) in [5.41, 5.74) is 0. The van der Waals surface area contributed by atoms with Crippen LogP contribution in [-0.2, 0) is 37.4 Å². The summed E-state index contributed by atoms with van der Waals surface area (Å²) in [6.45, 7) is 0.147. The topological polar surface area (TPSA) is 102 Å². The molecule has 1 aliphatic rings. The lowest BCUT2D eigenvalue weighted by Crippen LogP contribution is -2.39. The zero-order valence-corrected chi connectivity index (χ0v) is 13.1. The molecular weight excluding hydrogens is 306 g/mol. The summed E-state index contributed by atoms with van der Waals surface area (Å²) in [6, 6.07) is -0.864. The number of aliphatic hydroxyl groups is 1. The molecular formula is C10H20BO9P. The molecule has 2 radical (unpaired) electrons. The molecule has 9 nitrogen and oxygen atoms in total. The van der Waals surface area contributed by atoms with E-state index in [4.69, 9.17) is 26.6 Å². The van der Waals surface area contributed by atoms with Crippen molar-refractivity contribution in [2.45, 2.75) is 24.3 Å².